The first kappa shape index (κ1) is 15.9. The quantitative estimate of drug-likeness (QED) is 0.699. The predicted octanol–water partition coefficient (Wildman–Crippen LogP) is 0.885. The van der Waals surface area contributed by atoms with E-state index in [4.69, 9.17) is 4.74 Å². The second-order valence-corrected chi connectivity index (χ2v) is 6.01. The van der Waals surface area contributed by atoms with Crippen LogP contribution < -0.4 is 5.32 Å². The molecule has 1 rings (SSSR count). The summed E-state index contributed by atoms with van der Waals surface area (Å²) in [7, 11) is 6.33. The highest BCUT2D eigenvalue weighted by Gasteiger charge is 2.36. The number of nitrogens with one attached hydrogen (secondary N) is 1. The van der Waals surface area contributed by atoms with E-state index in [0.29, 0.717) is 11.5 Å². The topological polar surface area (TPSA) is 27.7 Å². The van der Waals surface area contributed by atoms with Crippen molar-refractivity contribution >= 4 is 0 Å². The van der Waals surface area contributed by atoms with E-state index in [1.165, 1.54) is 6.42 Å². The van der Waals surface area contributed by atoms with E-state index in [1.54, 1.807) is 0 Å². The zero-order valence-corrected chi connectivity index (χ0v) is 12.8. The van der Waals surface area contributed by atoms with E-state index >= 15 is 0 Å². The summed E-state index contributed by atoms with van der Waals surface area (Å²) in [5.74, 6) is 0. The van der Waals surface area contributed by atoms with Gasteiger partial charge in [-0.1, -0.05) is 6.92 Å². The lowest BCUT2D eigenvalue weighted by Crippen LogP contribution is -2.49. The minimum absolute atomic E-state index is 0.311. The van der Waals surface area contributed by atoms with Gasteiger partial charge in [-0.15, -0.1) is 0 Å². The number of hydrogen-bond acceptors (Lipinski definition) is 4. The first-order valence-electron chi connectivity index (χ1n) is 7.14. The number of likely N-dealkylation sites (N-methyl/N-ethyl adjacent to an activating group) is 2. The van der Waals surface area contributed by atoms with Gasteiger partial charge in [-0.3, -0.25) is 4.90 Å². The van der Waals surface area contributed by atoms with Crippen molar-refractivity contribution in [2.75, 3.05) is 60.5 Å². The zero-order chi connectivity index (χ0) is 13.6. The Kier molecular flexibility index (Phi) is 6.57. The Bertz CT molecular complexity index is 227. The largest absolute Gasteiger partial charge is 0.381 e. The molecule has 0 aliphatic carbocycles. The molecule has 1 heterocycles. The van der Waals surface area contributed by atoms with Gasteiger partial charge in [0, 0.05) is 37.7 Å². The maximum Gasteiger partial charge on any atom is 0.0547 e. The fraction of sp³-hybridized carbons (Fsp3) is 1.00. The average Bonchev–Trinajstić information content (AvgIpc) is 2.74. The van der Waals surface area contributed by atoms with E-state index in [0.717, 1.165) is 39.4 Å². The molecule has 2 unspecified atom stereocenters. The minimum atomic E-state index is 0.311. The smallest absolute Gasteiger partial charge is 0.0547 e. The van der Waals surface area contributed by atoms with Crippen LogP contribution in [0.3, 0.4) is 0 Å². The van der Waals surface area contributed by atoms with Crippen molar-refractivity contribution in [3.05, 3.63) is 0 Å². The molecule has 0 aromatic rings. The molecule has 0 aromatic heterocycles. The molecule has 1 aliphatic rings. The van der Waals surface area contributed by atoms with E-state index in [-0.39, 0.29) is 0 Å². The summed E-state index contributed by atoms with van der Waals surface area (Å²) >= 11 is 0. The maximum atomic E-state index is 5.64. The number of hydrogen-bond donors (Lipinski definition) is 1. The summed E-state index contributed by atoms with van der Waals surface area (Å²) < 4.78 is 5.64. The first-order valence-corrected chi connectivity index (χ1v) is 7.14. The SMILES string of the molecule is CCN(CC1(CNC)CCOC1)C(C)CN(C)C. The highest BCUT2D eigenvalue weighted by Crippen LogP contribution is 2.29. The third-order valence-electron chi connectivity index (χ3n) is 3.93. The Morgan fingerprint density at radius 2 is 2.11 bits per heavy atom. The van der Waals surface area contributed by atoms with Crippen molar-refractivity contribution in [3.63, 3.8) is 0 Å². The molecule has 1 fully saturated rings. The van der Waals surface area contributed by atoms with Crippen LogP contribution in [0.1, 0.15) is 20.3 Å². The van der Waals surface area contributed by atoms with Crippen molar-refractivity contribution < 1.29 is 4.74 Å². The molecule has 0 saturated carbocycles. The summed E-state index contributed by atoms with van der Waals surface area (Å²) in [4.78, 5) is 4.86. The monoisotopic (exact) mass is 257 g/mol. The molecular weight excluding hydrogens is 226 g/mol. The second-order valence-electron chi connectivity index (χ2n) is 6.01. The minimum Gasteiger partial charge on any atom is -0.381 e. The fourth-order valence-electron chi connectivity index (χ4n) is 3.00. The molecule has 0 bridgehead atoms. The molecule has 0 amide bonds. The Morgan fingerprint density at radius 1 is 1.39 bits per heavy atom. The van der Waals surface area contributed by atoms with Gasteiger partial charge in [0.05, 0.1) is 6.61 Å². The van der Waals surface area contributed by atoms with E-state index in [1.807, 2.05) is 7.05 Å². The second kappa shape index (κ2) is 7.43. The van der Waals surface area contributed by atoms with Crippen molar-refractivity contribution in [2.24, 2.45) is 5.41 Å². The van der Waals surface area contributed by atoms with Gasteiger partial charge in [-0.05, 0) is 41.0 Å². The maximum absolute atomic E-state index is 5.64. The third-order valence-corrected chi connectivity index (χ3v) is 3.93. The summed E-state index contributed by atoms with van der Waals surface area (Å²) in [6, 6.07) is 0.597. The molecule has 108 valence electrons. The molecule has 1 saturated heterocycles. The number of ether oxygens (including phenoxy) is 1. The van der Waals surface area contributed by atoms with Crippen LogP contribution in [0.15, 0.2) is 0 Å². The molecule has 0 radical (unpaired) electrons. The molecule has 0 spiro atoms. The molecule has 2 atom stereocenters. The number of rotatable bonds is 8. The van der Waals surface area contributed by atoms with Crippen LogP contribution in [0, 0.1) is 5.41 Å². The van der Waals surface area contributed by atoms with Gasteiger partial charge in [-0.25, -0.2) is 0 Å². The predicted molar refractivity (Wildman–Crippen MR) is 77.1 cm³/mol. The highest BCUT2D eigenvalue weighted by atomic mass is 16.5. The zero-order valence-electron chi connectivity index (χ0n) is 12.8. The molecule has 4 heteroatoms. The normalized spacial score (nSPS) is 26.2. The van der Waals surface area contributed by atoms with Crippen molar-refractivity contribution in [1.82, 2.24) is 15.1 Å². The van der Waals surface area contributed by atoms with Crippen molar-refractivity contribution in [3.8, 4) is 0 Å². The number of nitrogens with zero attached hydrogens (tertiary/aromatic N) is 2. The summed E-state index contributed by atoms with van der Waals surface area (Å²) in [6.07, 6.45) is 1.18. The average molecular weight is 257 g/mol. The van der Waals surface area contributed by atoms with Crippen molar-refractivity contribution in [1.29, 1.82) is 0 Å². The molecule has 1 aliphatic heterocycles. The van der Waals surface area contributed by atoms with Crippen LogP contribution in [0.2, 0.25) is 0 Å². The van der Waals surface area contributed by atoms with Crippen LogP contribution >= 0.6 is 0 Å². The van der Waals surface area contributed by atoms with Gasteiger partial charge in [0.15, 0.2) is 0 Å². The van der Waals surface area contributed by atoms with Gasteiger partial charge in [0.25, 0.3) is 0 Å². The molecular formula is C14H31N3O. The van der Waals surface area contributed by atoms with Gasteiger partial charge < -0.3 is 15.0 Å². The molecule has 18 heavy (non-hydrogen) atoms. The van der Waals surface area contributed by atoms with E-state index < -0.39 is 0 Å². The van der Waals surface area contributed by atoms with Crippen LogP contribution in [0.4, 0.5) is 0 Å². The summed E-state index contributed by atoms with van der Waals surface area (Å²) in [6.45, 7) is 10.8. The third kappa shape index (κ3) is 4.50. The van der Waals surface area contributed by atoms with Crippen molar-refractivity contribution in [2.45, 2.75) is 26.3 Å². The van der Waals surface area contributed by atoms with Gasteiger partial charge in [0.1, 0.15) is 0 Å². The highest BCUT2D eigenvalue weighted by molar-refractivity contribution is 4.89. The van der Waals surface area contributed by atoms with Crippen LogP contribution in [0.5, 0.6) is 0 Å². The lowest BCUT2D eigenvalue weighted by molar-refractivity contribution is 0.0851. The Morgan fingerprint density at radius 3 is 2.56 bits per heavy atom. The first-order chi connectivity index (χ1) is 8.53. The fourth-order valence-corrected chi connectivity index (χ4v) is 3.00. The van der Waals surface area contributed by atoms with Gasteiger partial charge in [0.2, 0.25) is 0 Å². The lowest BCUT2D eigenvalue weighted by Gasteiger charge is -2.38. The standard InChI is InChI=1S/C14H31N3O/c1-6-17(13(2)9-16(4)5)11-14(10-15-3)7-8-18-12-14/h13,15H,6-12H2,1-5H3. The Balaban J connectivity index is 2.59. The summed E-state index contributed by atoms with van der Waals surface area (Å²) in [5.41, 5.74) is 0.311. The Labute approximate surface area is 113 Å². The van der Waals surface area contributed by atoms with E-state index in [9.17, 15) is 0 Å². The van der Waals surface area contributed by atoms with Gasteiger partial charge >= 0.3 is 0 Å². The van der Waals surface area contributed by atoms with Crippen LogP contribution in [0.25, 0.3) is 0 Å². The summed E-state index contributed by atoms with van der Waals surface area (Å²) in [5, 5.41) is 3.34. The molecule has 4 nitrogen and oxygen atoms in total. The molecule has 1 N–H and O–H groups in total. The molecule has 0 aromatic carbocycles. The van der Waals surface area contributed by atoms with Crippen LogP contribution in [-0.4, -0.2) is 76.4 Å². The van der Waals surface area contributed by atoms with Crippen LogP contribution in [-0.2, 0) is 4.74 Å². The Hall–Kier alpha value is -0.160. The van der Waals surface area contributed by atoms with E-state index in [2.05, 4.69) is 43.1 Å². The van der Waals surface area contributed by atoms with Gasteiger partial charge in [-0.2, -0.15) is 0 Å². The lowest BCUT2D eigenvalue weighted by atomic mass is 9.86.